The van der Waals surface area contributed by atoms with Crippen LogP contribution in [0.1, 0.15) is 84.2 Å². The van der Waals surface area contributed by atoms with Crippen LogP contribution >= 0.6 is 0 Å². The normalized spacial score (nSPS) is 20.2. The van der Waals surface area contributed by atoms with Gasteiger partial charge in [0.2, 0.25) is 5.91 Å². The summed E-state index contributed by atoms with van der Waals surface area (Å²) in [5, 5.41) is 14.3. The molecule has 156 valence electrons. The Hall–Kier alpha value is -2.64. The summed E-state index contributed by atoms with van der Waals surface area (Å²) in [5.74, 6) is 0.608. The van der Waals surface area contributed by atoms with Gasteiger partial charge >= 0.3 is 0 Å². The lowest BCUT2D eigenvalue weighted by molar-refractivity contribution is -0.134. The standard InChI is InChI=1S/C21H29N5O3/c1-13-16(14(2)29-25-13)11-20(27)26-10-6-5-9-19(26)17-12-18(24-23-17)21(28)22-15-7-3-4-8-15/h12,15,19H,3-11H2,1-2H3,(H,22,28)(H,23,24). The summed E-state index contributed by atoms with van der Waals surface area (Å²) in [5.41, 5.74) is 2.85. The van der Waals surface area contributed by atoms with Crippen molar-refractivity contribution in [3.8, 4) is 0 Å². The second-order valence-corrected chi connectivity index (χ2v) is 8.24. The minimum atomic E-state index is -0.135. The number of aryl methyl sites for hydroxylation is 2. The minimum absolute atomic E-state index is 0.0515. The number of hydrogen-bond donors (Lipinski definition) is 2. The van der Waals surface area contributed by atoms with E-state index in [9.17, 15) is 9.59 Å². The zero-order chi connectivity index (χ0) is 20.4. The number of likely N-dealkylation sites (tertiary alicyclic amines) is 1. The molecule has 8 nitrogen and oxygen atoms in total. The number of nitrogens with zero attached hydrogens (tertiary/aromatic N) is 3. The first-order chi connectivity index (χ1) is 14.0. The summed E-state index contributed by atoms with van der Waals surface area (Å²) in [6.07, 6.45) is 7.57. The van der Waals surface area contributed by atoms with Crippen LogP contribution in [0.5, 0.6) is 0 Å². The molecule has 1 aliphatic carbocycles. The first-order valence-electron chi connectivity index (χ1n) is 10.6. The van der Waals surface area contributed by atoms with E-state index < -0.39 is 0 Å². The molecule has 1 saturated heterocycles. The number of aromatic amines is 1. The number of hydrogen-bond acceptors (Lipinski definition) is 5. The van der Waals surface area contributed by atoms with E-state index in [0.29, 0.717) is 18.0 Å². The summed E-state index contributed by atoms with van der Waals surface area (Å²) < 4.78 is 5.20. The average Bonchev–Trinajstić information content (AvgIpc) is 3.46. The van der Waals surface area contributed by atoms with E-state index in [1.165, 1.54) is 12.8 Å². The van der Waals surface area contributed by atoms with Crippen LogP contribution in [0, 0.1) is 13.8 Å². The van der Waals surface area contributed by atoms with E-state index in [2.05, 4.69) is 20.7 Å². The third-order valence-corrected chi connectivity index (χ3v) is 6.21. The third kappa shape index (κ3) is 4.21. The topological polar surface area (TPSA) is 104 Å². The SMILES string of the molecule is Cc1noc(C)c1CC(=O)N1CCCCC1c1cc(C(=O)NC2CCCC2)n[nH]1. The first-order valence-corrected chi connectivity index (χ1v) is 10.6. The average molecular weight is 399 g/mol. The number of piperidine rings is 1. The van der Waals surface area contributed by atoms with Crippen molar-refractivity contribution in [1.82, 2.24) is 25.6 Å². The maximum Gasteiger partial charge on any atom is 0.271 e. The van der Waals surface area contributed by atoms with Crippen molar-refractivity contribution in [3.05, 3.63) is 34.5 Å². The molecule has 0 radical (unpaired) electrons. The smallest absolute Gasteiger partial charge is 0.271 e. The fourth-order valence-electron chi connectivity index (χ4n) is 4.51. The van der Waals surface area contributed by atoms with Gasteiger partial charge in [-0.15, -0.1) is 0 Å². The minimum Gasteiger partial charge on any atom is -0.361 e. The molecule has 4 rings (SSSR count). The van der Waals surface area contributed by atoms with Crippen LogP contribution in [-0.2, 0) is 11.2 Å². The lowest BCUT2D eigenvalue weighted by Gasteiger charge is -2.35. The van der Waals surface area contributed by atoms with Gasteiger partial charge in [-0.1, -0.05) is 18.0 Å². The largest absolute Gasteiger partial charge is 0.361 e. The van der Waals surface area contributed by atoms with Crippen molar-refractivity contribution in [3.63, 3.8) is 0 Å². The Balaban J connectivity index is 1.46. The fraction of sp³-hybridized carbons (Fsp3) is 0.619. The van der Waals surface area contributed by atoms with Crippen molar-refractivity contribution in [2.45, 2.75) is 77.3 Å². The van der Waals surface area contributed by atoms with Gasteiger partial charge in [0.25, 0.3) is 5.91 Å². The Morgan fingerprint density at radius 2 is 1.97 bits per heavy atom. The summed E-state index contributed by atoms with van der Waals surface area (Å²) in [4.78, 5) is 27.5. The van der Waals surface area contributed by atoms with Crippen molar-refractivity contribution >= 4 is 11.8 Å². The van der Waals surface area contributed by atoms with Crippen LogP contribution in [-0.4, -0.2) is 44.7 Å². The van der Waals surface area contributed by atoms with E-state index in [1.54, 1.807) is 6.07 Å². The molecule has 2 aromatic heterocycles. The molecule has 3 heterocycles. The van der Waals surface area contributed by atoms with Crippen LogP contribution in [0.2, 0.25) is 0 Å². The van der Waals surface area contributed by atoms with Crippen LogP contribution < -0.4 is 5.32 Å². The van der Waals surface area contributed by atoms with E-state index in [0.717, 1.165) is 49.1 Å². The molecule has 2 aromatic rings. The Morgan fingerprint density at radius 3 is 2.69 bits per heavy atom. The van der Waals surface area contributed by atoms with Crippen molar-refractivity contribution in [1.29, 1.82) is 0 Å². The highest BCUT2D eigenvalue weighted by Crippen LogP contribution is 2.31. The Labute approximate surface area is 170 Å². The molecule has 0 aromatic carbocycles. The highest BCUT2D eigenvalue weighted by molar-refractivity contribution is 5.92. The van der Waals surface area contributed by atoms with Crippen LogP contribution in [0.25, 0.3) is 0 Å². The quantitative estimate of drug-likeness (QED) is 0.804. The van der Waals surface area contributed by atoms with Gasteiger partial charge in [0.15, 0.2) is 0 Å². The first kappa shape index (κ1) is 19.7. The van der Waals surface area contributed by atoms with Crippen LogP contribution in [0.4, 0.5) is 0 Å². The van der Waals surface area contributed by atoms with Crippen molar-refractivity contribution in [2.24, 2.45) is 0 Å². The summed E-state index contributed by atoms with van der Waals surface area (Å²) in [6.45, 7) is 4.40. The molecule has 1 saturated carbocycles. The van der Waals surface area contributed by atoms with Gasteiger partial charge in [-0.2, -0.15) is 5.10 Å². The number of rotatable bonds is 5. The molecule has 2 fully saturated rings. The molecular formula is C21H29N5O3. The second-order valence-electron chi connectivity index (χ2n) is 8.24. The van der Waals surface area contributed by atoms with Gasteiger partial charge in [-0.25, -0.2) is 0 Å². The highest BCUT2D eigenvalue weighted by atomic mass is 16.5. The monoisotopic (exact) mass is 399 g/mol. The number of H-pyrrole nitrogens is 1. The predicted molar refractivity (Wildman–Crippen MR) is 106 cm³/mol. The van der Waals surface area contributed by atoms with Gasteiger partial charge in [-0.05, 0) is 52.0 Å². The Bertz CT molecular complexity index is 861. The second kappa shape index (κ2) is 8.39. The zero-order valence-corrected chi connectivity index (χ0v) is 17.2. The zero-order valence-electron chi connectivity index (χ0n) is 17.2. The van der Waals surface area contributed by atoms with Gasteiger partial charge in [0, 0.05) is 18.2 Å². The molecule has 2 N–H and O–H groups in total. The molecule has 0 bridgehead atoms. The number of amides is 2. The van der Waals surface area contributed by atoms with Crippen molar-refractivity contribution < 1.29 is 14.1 Å². The molecule has 29 heavy (non-hydrogen) atoms. The van der Waals surface area contributed by atoms with E-state index in [4.69, 9.17) is 4.52 Å². The molecular weight excluding hydrogens is 370 g/mol. The molecule has 1 unspecified atom stereocenters. The van der Waals surface area contributed by atoms with Crippen molar-refractivity contribution in [2.75, 3.05) is 6.54 Å². The van der Waals surface area contributed by atoms with Crippen LogP contribution in [0.3, 0.4) is 0 Å². The third-order valence-electron chi connectivity index (χ3n) is 6.21. The highest BCUT2D eigenvalue weighted by Gasteiger charge is 2.31. The summed E-state index contributed by atoms with van der Waals surface area (Å²) >= 11 is 0. The maximum atomic E-state index is 13.1. The summed E-state index contributed by atoms with van der Waals surface area (Å²) in [7, 11) is 0. The maximum absolute atomic E-state index is 13.1. The number of aromatic nitrogens is 3. The number of nitrogens with one attached hydrogen (secondary N) is 2. The van der Waals surface area contributed by atoms with E-state index in [1.807, 2.05) is 18.7 Å². The molecule has 2 aliphatic rings. The van der Waals surface area contributed by atoms with Gasteiger partial charge < -0.3 is 14.7 Å². The van der Waals surface area contributed by atoms with E-state index >= 15 is 0 Å². The van der Waals surface area contributed by atoms with E-state index in [-0.39, 0.29) is 30.3 Å². The fourth-order valence-corrected chi connectivity index (χ4v) is 4.51. The lowest BCUT2D eigenvalue weighted by Crippen LogP contribution is -2.39. The van der Waals surface area contributed by atoms with Gasteiger partial charge in [-0.3, -0.25) is 14.7 Å². The Kier molecular flexibility index (Phi) is 5.69. The molecule has 0 spiro atoms. The lowest BCUT2D eigenvalue weighted by atomic mass is 9.97. The number of carbonyl (C=O) groups is 2. The predicted octanol–water partition coefficient (Wildman–Crippen LogP) is 2.98. The van der Waals surface area contributed by atoms with Crippen LogP contribution in [0.15, 0.2) is 10.6 Å². The molecule has 1 atom stereocenters. The summed E-state index contributed by atoms with van der Waals surface area (Å²) in [6, 6.07) is 1.97. The molecule has 8 heteroatoms. The number of carbonyl (C=O) groups excluding carboxylic acids is 2. The van der Waals surface area contributed by atoms with Gasteiger partial charge in [0.05, 0.1) is 23.9 Å². The Morgan fingerprint density at radius 1 is 1.21 bits per heavy atom. The van der Waals surface area contributed by atoms with Gasteiger partial charge in [0.1, 0.15) is 11.5 Å². The molecule has 2 amide bonds. The molecule has 1 aliphatic heterocycles.